The van der Waals surface area contributed by atoms with Gasteiger partial charge >= 0.3 is 0 Å². The highest BCUT2D eigenvalue weighted by atomic mass is 35.5. The van der Waals surface area contributed by atoms with Gasteiger partial charge in [-0.1, -0.05) is 0 Å². The first-order chi connectivity index (χ1) is 9.03. The molecule has 1 unspecified atom stereocenters. The maximum atomic E-state index is 12.0. The van der Waals surface area contributed by atoms with Gasteiger partial charge in [-0.2, -0.15) is 5.10 Å². The smallest absolute Gasteiger partial charge is 0.212 e. The number of sulfonamides is 1. The summed E-state index contributed by atoms with van der Waals surface area (Å²) in [6.45, 7) is 0. The molecular formula is C12H20ClN3O2S. The van der Waals surface area contributed by atoms with Gasteiger partial charge in [-0.25, -0.2) is 13.1 Å². The fraction of sp³-hybridized carbons (Fsp3) is 0.750. The molecule has 0 spiro atoms. The van der Waals surface area contributed by atoms with Crippen molar-refractivity contribution in [3.63, 3.8) is 0 Å². The number of halogens is 1. The fourth-order valence-electron chi connectivity index (χ4n) is 2.49. The molecule has 0 aromatic carbocycles. The van der Waals surface area contributed by atoms with Crippen LogP contribution in [0.5, 0.6) is 0 Å². The first kappa shape index (κ1) is 14.8. The maximum absolute atomic E-state index is 12.0. The zero-order valence-electron chi connectivity index (χ0n) is 11.1. The normalized spacial score (nSPS) is 19.4. The third-order valence-electron chi connectivity index (χ3n) is 3.49. The topological polar surface area (TPSA) is 64.0 Å². The van der Waals surface area contributed by atoms with Gasteiger partial charge in [-0.05, 0) is 32.1 Å². The molecule has 5 nitrogen and oxygen atoms in total. The predicted molar refractivity (Wildman–Crippen MR) is 75.8 cm³/mol. The first-order valence-electron chi connectivity index (χ1n) is 6.60. The molecule has 108 valence electrons. The van der Waals surface area contributed by atoms with Crippen molar-refractivity contribution in [2.24, 2.45) is 7.05 Å². The summed E-state index contributed by atoms with van der Waals surface area (Å²) in [6, 6.07) is -0.126. The average molecular weight is 306 g/mol. The van der Waals surface area contributed by atoms with Crippen LogP contribution in [0.25, 0.3) is 0 Å². The molecule has 1 heterocycles. The lowest BCUT2D eigenvalue weighted by molar-refractivity contribution is 0.497. The van der Waals surface area contributed by atoms with Gasteiger partial charge in [0, 0.05) is 24.2 Å². The van der Waals surface area contributed by atoms with Crippen LogP contribution < -0.4 is 4.72 Å². The molecule has 0 radical (unpaired) electrons. The zero-order valence-corrected chi connectivity index (χ0v) is 12.7. The van der Waals surface area contributed by atoms with Crippen LogP contribution in [-0.4, -0.2) is 29.8 Å². The number of fused-ring (bicyclic) bond motifs is 1. The molecule has 0 fully saturated rings. The maximum Gasteiger partial charge on any atom is 0.212 e. The van der Waals surface area contributed by atoms with Crippen molar-refractivity contribution in [3.05, 3.63) is 17.5 Å². The summed E-state index contributed by atoms with van der Waals surface area (Å²) in [4.78, 5) is 0. The SMILES string of the molecule is Cn1ncc2c1CCCC2NS(=O)(=O)CCCCCl. The van der Waals surface area contributed by atoms with E-state index in [1.54, 1.807) is 6.20 Å². The Hall–Kier alpha value is -0.590. The number of aromatic nitrogens is 2. The lowest BCUT2D eigenvalue weighted by Crippen LogP contribution is -2.32. The van der Waals surface area contributed by atoms with Gasteiger partial charge in [0.15, 0.2) is 0 Å². The Bertz CT molecular complexity index is 527. The predicted octanol–water partition coefficient (Wildman–Crippen LogP) is 1.74. The van der Waals surface area contributed by atoms with E-state index < -0.39 is 10.0 Å². The van der Waals surface area contributed by atoms with Crippen molar-refractivity contribution in [2.75, 3.05) is 11.6 Å². The van der Waals surface area contributed by atoms with E-state index in [-0.39, 0.29) is 11.8 Å². The highest BCUT2D eigenvalue weighted by Crippen LogP contribution is 2.29. The van der Waals surface area contributed by atoms with Gasteiger partial charge in [-0.15, -0.1) is 11.6 Å². The number of alkyl halides is 1. The molecule has 0 aliphatic heterocycles. The second kappa shape index (κ2) is 6.24. The summed E-state index contributed by atoms with van der Waals surface area (Å²) < 4.78 is 28.7. The van der Waals surface area contributed by atoms with Gasteiger partial charge in [-0.3, -0.25) is 4.68 Å². The molecule has 2 rings (SSSR count). The summed E-state index contributed by atoms with van der Waals surface area (Å²) >= 11 is 5.57. The number of hydrogen-bond acceptors (Lipinski definition) is 3. The molecule has 1 aliphatic rings. The Labute approximate surface area is 119 Å². The van der Waals surface area contributed by atoms with Crippen LogP contribution in [-0.2, 0) is 23.5 Å². The molecule has 0 amide bonds. The highest BCUT2D eigenvalue weighted by Gasteiger charge is 2.26. The van der Waals surface area contributed by atoms with E-state index in [1.807, 2.05) is 11.7 Å². The van der Waals surface area contributed by atoms with Crippen molar-refractivity contribution in [1.29, 1.82) is 0 Å². The molecule has 0 bridgehead atoms. The van der Waals surface area contributed by atoms with E-state index in [0.717, 1.165) is 36.9 Å². The van der Waals surface area contributed by atoms with E-state index in [4.69, 9.17) is 11.6 Å². The van der Waals surface area contributed by atoms with Crippen molar-refractivity contribution in [3.8, 4) is 0 Å². The molecule has 7 heteroatoms. The third-order valence-corrected chi connectivity index (χ3v) is 5.23. The number of hydrogen-bond donors (Lipinski definition) is 1. The van der Waals surface area contributed by atoms with Gasteiger partial charge in [0.2, 0.25) is 10.0 Å². The largest absolute Gasteiger partial charge is 0.272 e. The monoisotopic (exact) mass is 305 g/mol. The first-order valence-corrected chi connectivity index (χ1v) is 8.79. The van der Waals surface area contributed by atoms with Crippen molar-refractivity contribution in [1.82, 2.24) is 14.5 Å². The summed E-state index contributed by atoms with van der Waals surface area (Å²) in [6.07, 6.45) is 5.91. The molecule has 1 aliphatic carbocycles. The minimum Gasteiger partial charge on any atom is -0.272 e. The standard InChI is InChI=1S/C12H20ClN3O2S/c1-16-12-6-4-5-11(10(12)9-14-16)15-19(17,18)8-3-2-7-13/h9,11,15H,2-8H2,1H3. The summed E-state index contributed by atoms with van der Waals surface area (Å²) in [5.41, 5.74) is 2.16. The van der Waals surface area contributed by atoms with Crippen LogP contribution in [0.1, 0.15) is 43.0 Å². The Morgan fingerprint density at radius 1 is 1.53 bits per heavy atom. The van der Waals surface area contributed by atoms with Gasteiger partial charge < -0.3 is 0 Å². The van der Waals surface area contributed by atoms with E-state index in [2.05, 4.69) is 9.82 Å². The number of rotatable bonds is 6. The van der Waals surface area contributed by atoms with Crippen LogP contribution in [0, 0.1) is 0 Å². The molecule has 0 saturated carbocycles. The van der Waals surface area contributed by atoms with E-state index in [0.29, 0.717) is 12.3 Å². The van der Waals surface area contributed by atoms with Gasteiger partial charge in [0.1, 0.15) is 0 Å². The van der Waals surface area contributed by atoms with Crippen LogP contribution in [0.4, 0.5) is 0 Å². The van der Waals surface area contributed by atoms with Crippen molar-refractivity contribution < 1.29 is 8.42 Å². The minimum atomic E-state index is -3.23. The minimum absolute atomic E-state index is 0.126. The third kappa shape index (κ3) is 3.70. The van der Waals surface area contributed by atoms with Crippen molar-refractivity contribution >= 4 is 21.6 Å². The van der Waals surface area contributed by atoms with E-state index in [9.17, 15) is 8.42 Å². The Balaban J connectivity index is 2.04. The van der Waals surface area contributed by atoms with Gasteiger partial charge in [0.05, 0.1) is 18.0 Å². The van der Waals surface area contributed by atoms with Gasteiger partial charge in [0.25, 0.3) is 0 Å². The fourth-order valence-corrected chi connectivity index (χ4v) is 4.06. The molecule has 1 atom stereocenters. The lowest BCUT2D eigenvalue weighted by atomic mass is 9.94. The van der Waals surface area contributed by atoms with Crippen LogP contribution in [0.15, 0.2) is 6.20 Å². The Kier molecular flexibility index (Phi) is 4.86. The van der Waals surface area contributed by atoms with E-state index >= 15 is 0 Å². The summed E-state index contributed by atoms with van der Waals surface area (Å²) in [7, 11) is -1.33. The molecule has 1 aromatic heterocycles. The molecular weight excluding hydrogens is 286 g/mol. The van der Waals surface area contributed by atoms with Crippen LogP contribution in [0.2, 0.25) is 0 Å². The number of aryl methyl sites for hydroxylation is 1. The highest BCUT2D eigenvalue weighted by molar-refractivity contribution is 7.89. The lowest BCUT2D eigenvalue weighted by Gasteiger charge is -2.23. The zero-order chi connectivity index (χ0) is 13.9. The second-order valence-corrected chi connectivity index (χ2v) is 7.20. The van der Waals surface area contributed by atoms with Crippen LogP contribution >= 0.6 is 11.6 Å². The second-order valence-electron chi connectivity index (χ2n) is 4.95. The van der Waals surface area contributed by atoms with E-state index in [1.165, 1.54) is 0 Å². The quantitative estimate of drug-likeness (QED) is 0.643. The average Bonchev–Trinajstić information content (AvgIpc) is 2.72. The number of nitrogens with one attached hydrogen (secondary N) is 1. The molecule has 19 heavy (non-hydrogen) atoms. The molecule has 1 N–H and O–H groups in total. The van der Waals surface area contributed by atoms with Crippen molar-refractivity contribution in [2.45, 2.75) is 38.1 Å². The molecule has 0 saturated heterocycles. The summed E-state index contributed by atoms with van der Waals surface area (Å²) in [5, 5.41) is 4.22. The van der Waals surface area contributed by atoms with Crippen LogP contribution in [0.3, 0.4) is 0 Å². The number of unbranched alkanes of at least 4 members (excludes halogenated alkanes) is 1. The Morgan fingerprint density at radius 2 is 2.32 bits per heavy atom. The Morgan fingerprint density at radius 3 is 3.05 bits per heavy atom. The number of nitrogens with zero attached hydrogens (tertiary/aromatic N) is 2. The summed E-state index contributed by atoms with van der Waals surface area (Å²) in [5.74, 6) is 0.650. The molecule has 1 aromatic rings.